The molecule has 0 heterocycles. The van der Waals surface area contributed by atoms with Crippen LogP contribution in [0.1, 0.15) is 45.1 Å². The Kier molecular flexibility index (Phi) is 6.77. The molecule has 7 nitrogen and oxygen atoms in total. The van der Waals surface area contributed by atoms with Crippen molar-refractivity contribution in [2.45, 2.75) is 62.9 Å². The van der Waals surface area contributed by atoms with Crippen LogP contribution in [0.3, 0.4) is 0 Å². The zero-order chi connectivity index (χ0) is 19.3. The van der Waals surface area contributed by atoms with E-state index in [1.54, 1.807) is 19.1 Å². The van der Waals surface area contributed by atoms with Gasteiger partial charge in [0.05, 0.1) is 4.90 Å². The lowest BCUT2D eigenvalue weighted by atomic mass is 9.99. The molecule has 1 amide bonds. The second kappa shape index (κ2) is 8.64. The van der Waals surface area contributed by atoms with Crippen LogP contribution >= 0.6 is 0 Å². The lowest BCUT2D eigenvalue weighted by molar-refractivity contribution is -0.143. The molecule has 2 atom stereocenters. The van der Waals surface area contributed by atoms with Crippen molar-refractivity contribution >= 4 is 21.9 Å². The lowest BCUT2D eigenvalue weighted by Gasteiger charge is -2.20. The van der Waals surface area contributed by atoms with E-state index in [0.717, 1.165) is 18.4 Å². The number of aliphatic carboxylic acids is 1. The number of carboxylic acids is 1. The summed E-state index contributed by atoms with van der Waals surface area (Å²) in [6.45, 7) is 3.66. The van der Waals surface area contributed by atoms with Crippen molar-refractivity contribution < 1.29 is 23.1 Å². The third-order valence-electron chi connectivity index (χ3n) is 4.57. The molecule has 0 radical (unpaired) electrons. The second-order valence-electron chi connectivity index (χ2n) is 6.81. The number of rotatable bonds is 10. The van der Waals surface area contributed by atoms with Gasteiger partial charge in [0.1, 0.15) is 6.04 Å². The number of nitrogens with one attached hydrogen (secondary N) is 2. The molecule has 0 saturated heterocycles. The van der Waals surface area contributed by atoms with Gasteiger partial charge in [-0.1, -0.05) is 32.4 Å². The van der Waals surface area contributed by atoms with Gasteiger partial charge in [0.25, 0.3) is 0 Å². The number of carbonyl (C=O) groups excluding carboxylic acids is 1. The summed E-state index contributed by atoms with van der Waals surface area (Å²) in [5.41, 5.74) is 0.820. The lowest BCUT2D eigenvalue weighted by Crippen LogP contribution is -2.45. The van der Waals surface area contributed by atoms with Crippen LogP contribution in [0.5, 0.6) is 0 Å². The summed E-state index contributed by atoms with van der Waals surface area (Å²) >= 11 is 0. The molecule has 144 valence electrons. The Morgan fingerprint density at radius 3 is 2.35 bits per heavy atom. The molecule has 1 aliphatic rings. The van der Waals surface area contributed by atoms with Gasteiger partial charge in [-0.05, 0) is 42.9 Å². The van der Waals surface area contributed by atoms with Crippen molar-refractivity contribution in [3.05, 3.63) is 29.8 Å². The van der Waals surface area contributed by atoms with Crippen LogP contribution in [0.25, 0.3) is 0 Å². The zero-order valence-corrected chi connectivity index (χ0v) is 15.9. The second-order valence-corrected chi connectivity index (χ2v) is 8.52. The van der Waals surface area contributed by atoms with Gasteiger partial charge in [0.15, 0.2) is 0 Å². The first kappa shape index (κ1) is 20.4. The summed E-state index contributed by atoms with van der Waals surface area (Å²) in [6.07, 6.45) is 2.96. The minimum Gasteiger partial charge on any atom is -0.480 e. The first-order valence-corrected chi connectivity index (χ1v) is 10.3. The van der Waals surface area contributed by atoms with Gasteiger partial charge in [-0.15, -0.1) is 0 Å². The van der Waals surface area contributed by atoms with Crippen molar-refractivity contribution in [1.82, 2.24) is 10.0 Å². The average molecular weight is 382 g/mol. The first-order chi connectivity index (χ1) is 12.2. The van der Waals surface area contributed by atoms with E-state index in [4.69, 9.17) is 0 Å². The van der Waals surface area contributed by atoms with Crippen LogP contribution in [-0.4, -0.2) is 37.5 Å². The molecule has 1 aliphatic carbocycles. The predicted octanol–water partition coefficient (Wildman–Crippen LogP) is 1.68. The van der Waals surface area contributed by atoms with Crippen LogP contribution in [0.2, 0.25) is 0 Å². The molecule has 3 N–H and O–H groups in total. The summed E-state index contributed by atoms with van der Waals surface area (Å²) in [6, 6.07) is 5.56. The topological polar surface area (TPSA) is 113 Å². The van der Waals surface area contributed by atoms with Crippen LogP contribution in [-0.2, 0) is 26.0 Å². The molecule has 0 spiro atoms. The van der Waals surface area contributed by atoms with E-state index in [-0.39, 0.29) is 29.2 Å². The monoisotopic (exact) mass is 382 g/mol. The zero-order valence-electron chi connectivity index (χ0n) is 15.1. The van der Waals surface area contributed by atoms with Gasteiger partial charge in [-0.2, -0.15) is 0 Å². The number of carbonyl (C=O) groups is 2. The number of aryl methyl sites for hydroxylation is 1. The number of carboxylic acid groups (broad SMARTS) is 1. The molecule has 0 aliphatic heterocycles. The van der Waals surface area contributed by atoms with Crippen molar-refractivity contribution in [2.75, 3.05) is 0 Å². The van der Waals surface area contributed by atoms with Crippen molar-refractivity contribution in [1.29, 1.82) is 0 Å². The number of hydrogen-bond donors (Lipinski definition) is 3. The standard InChI is InChI=1S/C18H26N2O5S/c1-3-12(2)17(18(22)23)19-16(21)11-6-13-4-9-15(10-5-13)26(24,25)20-14-7-8-14/h4-5,9-10,12,14,17,20H,3,6-8,11H2,1-2H3,(H,19,21)(H,22,23)/t12-,17-/m0/s1. The van der Waals surface area contributed by atoms with E-state index < -0.39 is 22.0 Å². The fourth-order valence-electron chi connectivity index (χ4n) is 2.51. The Morgan fingerprint density at radius 2 is 1.85 bits per heavy atom. The SMILES string of the molecule is CC[C@H](C)[C@H](NC(=O)CCc1ccc(S(=O)(=O)NC2CC2)cc1)C(=O)O. The van der Waals surface area contributed by atoms with E-state index in [1.807, 2.05) is 6.92 Å². The summed E-state index contributed by atoms with van der Waals surface area (Å²) < 4.78 is 26.8. The summed E-state index contributed by atoms with van der Waals surface area (Å²) in [4.78, 5) is 23.5. The molecule has 26 heavy (non-hydrogen) atoms. The van der Waals surface area contributed by atoms with Gasteiger partial charge in [-0.3, -0.25) is 4.79 Å². The maximum absolute atomic E-state index is 12.1. The number of amides is 1. The van der Waals surface area contributed by atoms with Gasteiger partial charge >= 0.3 is 5.97 Å². The van der Waals surface area contributed by atoms with Crippen molar-refractivity contribution in [3.8, 4) is 0 Å². The molecular weight excluding hydrogens is 356 g/mol. The average Bonchev–Trinajstić information content (AvgIpc) is 3.40. The largest absolute Gasteiger partial charge is 0.480 e. The molecule has 0 bridgehead atoms. The van der Waals surface area contributed by atoms with Crippen molar-refractivity contribution in [3.63, 3.8) is 0 Å². The van der Waals surface area contributed by atoms with Crippen LogP contribution in [0.4, 0.5) is 0 Å². The number of benzene rings is 1. The molecule has 1 aromatic carbocycles. The van der Waals surface area contributed by atoms with Gasteiger partial charge in [0.2, 0.25) is 15.9 Å². The highest BCUT2D eigenvalue weighted by atomic mass is 32.2. The minimum absolute atomic E-state index is 0.0519. The number of hydrogen-bond acceptors (Lipinski definition) is 4. The molecule has 0 unspecified atom stereocenters. The van der Waals surface area contributed by atoms with Gasteiger partial charge < -0.3 is 10.4 Å². The highest BCUT2D eigenvalue weighted by Gasteiger charge is 2.28. The minimum atomic E-state index is -3.48. The van der Waals surface area contributed by atoms with Crippen molar-refractivity contribution in [2.24, 2.45) is 5.92 Å². The van der Waals surface area contributed by atoms with E-state index in [1.165, 1.54) is 12.1 Å². The highest BCUT2D eigenvalue weighted by molar-refractivity contribution is 7.89. The Morgan fingerprint density at radius 1 is 1.23 bits per heavy atom. The molecular formula is C18H26N2O5S. The third kappa shape index (κ3) is 5.81. The van der Waals surface area contributed by atoms with Gasteiger partial charge in [0, 0.05) is 12.5 Å². The van der Waals surface area contributed by atoms with E-state index in [2.05, 4.69) is 10.0 Å². The predicted molar refractivity (Wildman–Crippen MR) is 97.1 cm³/mol. The Hall–Kier alpha value is -1.93. The maximum Gasteiger partial charge on any atom is 0.326 e. The summed E-state index contributed by atoms with van der Waals surface area (Å²) in [7, 11) is -3.48. The third-order valence-corrected chi connectivity index (χ3v) is 6.11. The number of sulfonamides is 1. The highest BCUT2D eigenvalue weighted by Crippen LogP contribution is 2.22. The molecule has 1 saturated carbocycles. The quantitative estimate of drug-likeness (QED) is 0.570. The Labute approximate surface area is 154 Å². The normalized spacial score (nSPS) is 16.7. The molecule has 1 aromatic rings. The first-order valence-electron chi connectivity index (χ1n) is 8.86. The fraction of sp³-hybridized carbons (Fsp3) is 0.556. The van der Waals surface area contributed by atoms with E-state index in [0.29, 0.717) is 12.8 Å². The molecule has 2 rings (SSSR count). The molecule has 0 aromatic heterocycles. The smallest absolute Gasteiger partial charge is 0.326 e. The fourth-order valence-corrected chi connectivity index (χ4v) is 3.82. The summed E-state index contributed by atoms with van der Waals surface area (Å²) in [5.74, 6) is -1.52. The Balaban J connectivity index is 1.88. The van der Waals surface area contributed by atoms with Crippen LogP contribution < -0.4 is 10.0 Å². The summed E-state index contributed by atoms with van der Waals surface area (Å²) in [5, 5.41) is 11.8. The van der Waals surface area contributed by atoms with E-state index in [9.17, 15) is 23.1 Å². The van der Waals surface area contributed by atoms with Crippen LogP contribution in [0.15, 0.2) is 29.2 Å². The van der Waals surface area contributed by atoms with E-state index >= 15 is 0 Å². The maximum atomic E-state index is 12.1. The Bertz CT molecular complexity index is 741. The molecule has 1 fully saturated rings. The van der Waals surface area contributed by atoms with Gasteiger partial charge in [-0.25, -0.2) is 17.9 Å². The molecule has 8 heteroatoms. The van der Waals surface area contributed by atoms with Crippen LogP contribution in [0, 0.1) is 5.92 Å².